The topological polar surface area (TPSA) is 38.0 Å². The molecule has 2 heteroatoms. The van der Waals surface area contributed by atoms with E-state index < -0.39 is 0 Å². The van der Waals surface area contributed by atoms with Crippen LogP contribution in [0.3, 0.4) is 0 Å². The van der Waals surface area contributed by atoms with Crippen LogP contribution >= 0.6 is 0 Å². The third kappa shape index (κ3) is 11.2. The molecule has 5 atom stereocenters. The van der Waals surface area contributed by atoms with Crippen LogP contribution in [0.5, 0.6) is 0 Å². The Balaban J connectivity index is 0.000000421. The van der Waals surface area contributed by atoms with Gasteiger partial charge in [-0.1, -0.05) is 132 Å². The summed E-state index contributed by atoms with van der Waals surface area (Å²) in [6, 6.07) is 0.370. The summed E-state index contributed by atoms with van der Waals surface area (Å²) < 4.78 is 0. The minimum Gasteiger partial charge on any atom is -0.399 e. The average Bonchev–Trinajstić information content (AvgIpc) is 3.82. The van der Waals surface area contributed by atoms with Gasteiger partial charge in [-0.3, -0.25) is 0 Å². The zero-order valence-electron chi connectivity index (χ0n) is 31.8. The van der Waals surface area contributed by atoms with Crippen LogP contribution in [-0.4, -0.2) is 6.04 Å². The van der Waals surface area contributed by atoms with Gasteiger partial charge >= 0.3 is 0 Å². The molecule has 0 aromatic rings. The Labute approximate surface area is 281 Å². The van der Waals surface area contributed by atoms with E-state index in [0.29, 0.717) is 34.9 Å². The minimum absolute atomic E-state index is 0.257. The van der Waals surface area contributed by atoms with Gasteiger partial charge in [-0.2, -0.15) is 0 Å². The van der Waals surface area contributed by atoms with Crippen molar-refractivity contribution in [1.82, 2.24) is 5.32 Å². The lowest BCUT2D eigenvalue weighted by Crippen LogP contribution is -2.40. The lowest BCUT2D eigenvalue weighted by atomic mass is 9.73. The highest BCUT2D eigenvalue weighted by Gasteiger charge is 2.59. The summed E-state index contributed by atoms with van der Waals surface area (Å²) in [6.07, 6.45) is 17.3. The van der Waals surface area contributed by atoms with Gasteiger partial charge in [0.15, 0.2) is 0 Å². The molecule has 0 radical (unpaired) electrons. The summed E-state index contributed by atoms with van der Waals surface area (Å²) in [5.74, 6) is 4.30. The van der Waals surface area contributed by atoms with Crippen LogP contribution < -0.4 is 11.1 Å². The smallest absolute Gasteiger partial charge is 0.0496 e. The fourth-order valence-electron chi connectivity index (χ4n) is 8.80. The molecule has 0 aromatic carbocycles. The second-order valence-corrected chi connectivity index (χ2v) is 17.5. The molecule has 4 aliphatic rings. The number of nitrogens with two attached hydrogens (primary N) is 1. The molecule has 0 heterocycles. The number of rotatable bonds is 14. The van der Waals surface area contributed by atoms with Crippen molar-refractivity contribution < 1.29 is 0 Å². The molecule has 0 aliphatic heterocycles. The molecule has 45 heavy (non-hydrogen) atoms. The zero-order valence-corrected chi connectivity index (χ0v) is 31.8. The first kappa shape index (κ1) is 39.5. The predicted molar refractivity (Wildman–Crippen MR) is 202 cm³/mol. The molecular formula is C43H76N2. The summed E-state index contributed by atoms with van der Waals surface area (Å²) in [6.45, 7) is 43.9. The molecular weight excluding hydrogens is 544 g/mol. The molecule has 2 nitrogen and oxygen atoms in total. The van der Waals surface area contributed by atoms with Gasteiger partial charge in [0.1, 0.15) is 0 Å². The van der Waals surface area contributed by atoms with Crippen molar-refractivity contribution in [3.63, 3.8) is 0 Å². The highest BCUT2D eigenvalue weighted by atomic mass is 14.9. The molecule has 0 aromatic heterocycles. The van der Waals surface area contributed by atoms with Crippen LogP contribution in [0.25, 0.3) is 0 Å². The van der Waals surface area contributed by atoms with E-state index in [0.717, 1.165) is 41.6 Å². The fraction of sp³-hybridized carbons (Fsp3) is 0.767. The fourth-order valence-corrected chi connectivity index (χ4v) is 8.80. The van der Waals surface area contributed by atoms with Crippen molar-refractivity contribution >= 4 is 0 Å². The largest absolute Gasteiger partial charge is 0.399 e. The van der Waals surface area contributed by atoms with Crippen LogP contribution in [0.4, 0.5) is 0 Å². The van der Waals surface area contributed by atoms with Gasteiger partial charge in [0, 0.05) is 17.4 Å². The molecule has 3 N–H and O–H groups in total. The lowest BCUT2D eigenvalue weighted by molar-refractivity contribution is 0.221. The van der Waals surface area contributed by atoms with Gasteiger partial charge in [0.2, 0.25) is 0 Å². The molecule has 5 unspecified atom stereocenters. The maximum Gasteiger partial charge on any atom is 0.0496 e. The Morgan fingerprint density at radius 1 is 0.933 bits per heavy atom. The highest BCUT2D eigenvalue weighted by molar-refractivity contribution is 5.24. The van der Waals surface area contributed by atoms with Crippen molar-refractivity contribution in [2.24, 2.45) is 57.5 Å². The number of hydrogen-bond donors (Lipinski definition) is 2. The van der Waals surface area contributed by atoms with E-state index in [9.17, 15) is 0 Å². The molecule has 258 valence electrons. The molecule has 4 fully saturated rings. The van der Waals surface area contributed by atoms with Crippen molar-refractivity contribution in [2.45, 2.75) is 159 Å². The molecule has 4 rings (SSSR count). The molecule has 0 amide bonds. The standard InChI is InChI=1S/C30H51N.C11H19N.C2H6/c1-11-25-26(29(25,9)10)24(20(2)3)18-21(4)27(31-22(5)19-28(6,7)8)23-12-14-30(15-13-23)16-17-30;1-8(9(2)10(3)12)7-11-5-4-6-11;1-2/h23-27,31H,2,4-5,11-19H2,1,3,6-10H3;8,11H,2-7,12H2,1H3;1-2H3. The summed E-state index contributed by atoms with van der Waals surface area (Å²) in [7, 11) is 0. The summed E-state index contributed by atoms with van der Waals surface area (Å²) in [4.78, 5) is 0. The predicted octanol–water partition coefficient (Wildman–Crippen LogP) is 12.6. The molecule has 1 spiro atoms. The van der Waals surface area contributed by atoms with Crippen LogP contribution in [0.15, 0.2) is 61.0 Å². The van der Waals surface area contributed by atoms with Gasteiger partial charge in [-0.25, -0.2) is 0 Å². The van der Waals surface area contributed by atoms with Crippen molar-refractivity contribution in [3.8, 4) is 0 Å². The van der Waals surface area contributed by atoms with E-state index in [2.05, 4.69) is 87.0 Å². The number of nitrogens with one attached hydrogen (secondary N) is 1. The summed E-state index contributed by atoms with van der Waals surface area (Å²) in [5.41, 5.74) is 12.6. The highest BCUT2D eigenvalue weighted by Crippen LogP contribution is 2.65. The van der Waals surface area contributed by atoms with Gasteiger partial charge in [-0.15, -0.1) is 0 Å². The van der Waals surface area contributed by atoms with Crippen molar-refractivity contribution in [3.05, 3.63) is 61.0 Å². The molecule has 0 saturated heterocycles. The maximum absolute atomic E-state index is 5.58. The molecule has 0 bridgehead atoms. The van der Waals surface area contributed by atoms with E-state index in [4.69, 9.17) is 12.3 Å². The van der Waals surface area contributed by atoms with Gasteiger partial charge in [0.25, 0.3) is 0 Å². The first-order valence-corrected chi connectivity index (χ1v) is 18.8. The lowest BCUT2D eigenvalue weighted by Gasteiger charge is -2.38. The Kier molecular flexibility index (Phi) is 14.4. The van der Waals surface area contributed by atoms with E-state index >= 15 is 0 Å². The van der Waals surface area contributed by atoms with E-state index in [1.807, 2.05) is 13.8 Å². The van der Waals surface area contributed by atoms with Gasteiger partial charge in [0.05, 0.1) is 0 Å². The first-order chi connectivity index (χ1) is 20.9. The molecule has 4 saturated carbocycles. The number of hydrogen-bond acceptors (Lipinski definition) is 2. The maximum atomic E-state index is 5.58. The minimum atomic E-state index is 0.257. The van der Waals surface area contributed by atoms with Crippen LogP contribution in [0.2, 0.25) is 0 Å². The van der Waals surface area contributed by atoms with Crippen molar-refractivity contribution in [1.29, 1.82) is 0 Å². The van der Waals surface area contributed by atoms with Gasteiger partial charge in [-0.05, 0) is 122 Å². The quantitative estimate of drug-likeness (QED) is 0.150. The average molecular weight is 621 g/mol. The van der Waals surface area contributed by atoms with Gasteiger partial charge < -0.3 is 11.1 Å². The van der Waals surface area contributed by atoms with Crippen molar-refractivity contribution in [2.75, 3.05) is 0 Å². The van der Waals surface area contributed by atoms with Crippen LogP contribution in [-0.2, 0) is 0 Å². The SMILES string of the molecule is C=C(CC(C)(C)C)NC(C(=C)CC(C(=C)C)C1C(CC)C1(C)C)C1CCC2(CC1)CC2.C=C(N)C(=C)C(C)CC1CCC1.CC. The third-order valence-corrected chi connectivity index (χ3v) is 12.1. The molecule has 4 aliphatic carbocycles. The normalized spacial score (nSPS) is 26.3. The summed E-state index contributed by atoms with van der Waals surface area (Å²) >= 11 is 0. The Morgan fingerprint density at radius 2 is 1.49 bits per heavy atom. The van der Waals surface area contributed by atoms with E-state index in [-0.39, 0.29) is 5.41 Å². The Morgan fingerprint density at radius 3 is 1.87 bits per heavy atom. The Bertz CT molecular complexity index is 1020. The van der Waals surface area contributed by atoms with Crippen LogP contribution in [0.1, 0.15) is 153 Å². The summed E-state index contributed by atoms with van der Waals surface area (Å²) in [5, 5.41) is 3.92. The Hall–Kier alpha value is -1.70. The second kappa shape index (κ2) is 16.4. The first-order valence-electron chi connectivity index (χ1n) is 18.8. The van der Waals surface area contributed by atoms with Crippen LogP contribution in [0, 0.1) is 51.8 Å². The van der Waals surface area contributed by atoms with E-state index in [1.165, 1.54) is 87.5 Å². The third-order valence-electron chi connectivity index (χ3n) is 12.1. The van der Waals surface area contributed by atoms with E-state index in [1.54, 1.807) is 0 Å². The monoisotopic (exact) mass is 621 g/mol. The zero-order chi connectivity index (χ0) is 34.3. The number of allylic oxidation sites excluding steroid dienone is 3. The second-order valence-electron chi connectivity index (χ2n) is 17.5.